The molecule has 98 valence electrons. The molecular formula is C14H18ClNO2. The monoisotopic (exact) mass is 267 g/mol. The van der Waals surface area contributed by atoms with Crippen LogP contribution in [-0.4, -0.2) is 43.9 Å². The third kappa shape index (κ3) is 2.79. The summed E-state index contributed by atoms with van der Waals surface area (Å²) in [5, 5.41) is 0.695. The molecule has 2 fully saturated rings. The number of benzene rings is 1. The van der Waals surface area contributed by atoms with Gasteiger partial charge in [0.1, 0.15) is 11.9 Å². The van der Waals surface area contributed by atoms with Crippen molar-refractivity contribution in [2.45, 2.75) is 12.5 Å². The smallest absolute Gasteiger partial charge is 0.138 e. The molecule has 0 N–H and O–H groups in total. The molecule has 0 radical (unpaired) electrons. The lowest BCUT2D eigenvalue weighted by Crippen LogP contribution is -2.55. The minimum atomic E-state index is 0.284. The Bertz CT molecular complexity index is 401. The number of hydrogen-bond acceptors (Lipinski definition) is 3. The van der Waals surface area contributed by atoms with E-state index in [9.17, 15) is 0 Å². The average Bonchev–Trinajstić information content (AvgIpc) is 2.81. The maximum atomic E-state index is 6.07. The summed E-state index contributed by atoms with van der Waals surface area (Å²) < 4.78 is 11.3. The first kappa shape index (κ1) is 12.3. The number of rotatable bonds is 4. The van der Waals surface area contributed by atoms with E-state index >= 15 is 0 Å². The second-order valence-electron chi connectivity index (χ2n) is 5.12. The minimum Gasteiger partial charge on any atom is -0.486 e. The molecule has 0 saturated carbocycles. The lowest BCUT2D eigenvalue weighted by molar-refractivity contribution is 0.00921. The summed E-state index contributed by atoms with van der Waals surface area (Å²) in [5.74, 6) is 1.51. The van der Waals surface area contributed by atoms with Crippen molar-refractivity contribution in [1.29, 1.82) is 0 Å². The molecule has 1 atom stereocenters. The molecular weight excluding hydrogens is 250 g/mol. The van der Waals surface area contributed by atoms with Gasteiger partial charge in [0.2, 0.25) is 0 Å². The molecule has 2 saturated heterocycles. The van der Waals surface area contributed by atoms with Gasteiger partial charge in [-0.1, -0.05) is 23.7 Å². The zero-order valence-electron chi connectivity index (χ0n) is 10.3. The third-order valence-corrected chi connectivity index (χ3v) is 3.91. The Hall–Kier alpha value is -0.770. The fraction of sp³-hybridized carbons (Fsp3) is 0.571. The van der Waals surface area contributed by atoms with Gasteiger partial charge in [-0.05, 0) is 24.5 Å². The van der Waals surface area contributed by atoms with Crippen LogP contribution >= 0.6 is 11.6 Å². The third-order valence-electron chi connectivity index (χ3n) is 3.59. The van der Waals surface area contributed by atoms with E-state index in [1.165, 1.54) is 6.42 Å². The van der Waals surface area contributed by atoms with Crippen molar-refractivity contribution in [2.24, 2.45) is 5.92 Å². The summed E-state index contributed by atoms with van der Waals surface area (Å²) in [6.45, 7) is 5.00. The molecule has 2 aliphatic rings. The van der Waals surface area contributed by atoms with E-state index in [0.717, 1.165) is 38.6 Å². The van der Waals surface area contributed by atoms with Crippen LogP contribution in [-0.2, 0) is 4.74 Å². The van der Waals surface area contributed by atoms with Crippen molar-refractivity contribution in [1.82, 2.24) is 4.90 Å². The standard InChI is InChI=1S/C14H18ClNO2/c15-13-3-1-2-4-14(13)18-12-8-16(9-12)7-11-5-6-17-10-11/h1-4,11-12H,5-10H2/t11-/m1/s1. The van der Waals surface area contributed by atoms with E-state index in [-0.39, 0.29) is 6.10 Å². The van der Waals surface area contributed by atoms with Gasteiger partial charge >= 0.3 is 0 Å². The Morgan fingerprint density at radius 2 is 2.17 bits per heavy atom. The van der Waals surface area contributed by atoms with Gasteiger partial charge < -0.3 is 9.47 Å². The molecule has 3 rings (SSSR count). The van der Waals surface area contributed by atoms with Crippen LogP contribution in [0.1, 0.15) is 6.42 Å². The summed E-state index contributed by atoms with van der Waals surface area (Å²) in [5.41, 5.74) is 0. The number of likely N-dealkylation sites (tertiary alicyclic amines) is 1. The molecule has 18 heavy (non-hydrogen) atoms. The van der Waals surface area contributed by atoms with Gasteiger partial charge in [0, 0.05) is 26.2 Å². The van der Waals surface area contributed by atoms with Crippen LogP contribution in [0, 0.1) is 5.92 Å². The molecule has 0 bridgehead atoms. The maximum absolute atomic E-state index is 6.07. The second kappa shape index (κ2) is 5.47. The van der Waals surface area contributed by atoms with E-state index in [1.807, 2.05) is 24.3 Å². The first-order chi connectivity index (χ1) is 8.81. The highest BCUT2D eigenvalue weighted by molar-refractivity contribution is 6.32. The minimum absolute atomic E-state index is 0.284. The molecule has 0 aromatic heterocycles. The van der Waals surface area contributed by atoms with Crippen LogP contribution in [0.15, 0.2) is 24.3 Å². The maximum Gasteiger partial charge on any atom is 0.138 e. The first-order valence-electron chi connectivity index (χ1n) is 6.52. The van der Waals surface area contributed by atoms with E-state index in [1.54, 1.807) is 0 Å². The number of halogens is 1. The molecule has 0 spiro atoms. The Balaban J connectivity index is 1.43. The van der Waals surface area contributed by atoms with E-state index in [0.29, 0.717) is 10.9 Å². The topological polar surface area (TPSA) is 21.7 Å². The number of para-hydroxylation sites is 1. The summed E-state index contributed by atoms with van der Waals surface area (Å²) in [4.78, 5) is 2.43. The molecule has 0 amide bonds. The number of nitrogens with zero attached hydrogens (tertiary/aromatic N) is 1. The van der Waals surface area contributed by atoms with E-state index in [2.05, 4.69) is 4.90 Å². The summed E-state index contributed by atoms with van der Waals surface area (Å²) in [7, 11) is 0. The van der Waals surface area contributed by atoms with Crippen molar-refractivity contribution in [2.75, 3.05) is 32.8 Å². The van der Waals surface area contributed by atoms with Gasteiger partial charge in [-0.25, -0.2) is 0 Å². The average molecular weight is 268 g/mol. The van der Waals surface area contributed by atoms with Crippen LogP contribution in [0.2, 0.25) is 5.02 Å². The van der Waals surface area contributed by atoms with Crippen LogP contribution in [0.4, 0.5) is 0 Å². The summed E-state index contributed by atoms with van der Waals surface area (Å²) >= 11 is 6.07. The highest BCUT2D eigenvalue weighted by atomic mass is 35.5. The molecule has 4 heteroatoms. The molecule has 0 unspecified atom stereocenters. The Morgan fingerprint density at radius 1 is 1.33 bits per heavy atom. The summed E-state index contributed by atoms with van der Waals surface area (Å²) in [6.07, 6.45) is 1.49. The van der Waals surface area contributed by atoms with Crippen molar-refractivity contribution in [3.05, 3.63) is 29.3 Å². The Morgan fingerprint density at radius 3 is 2.89 bits per heavy atom. The van der Waals surface area contributed by atoms with Gasteiger partial charge in [-0.15, -0.1) is 0 Å². The fourth-order valence-corrected chi connectivity index (χ4v) is 2.74. The molecule has 0 aliphatic carbocycles. The van der Waals surface area contributed by atoms with Crippen LogP contribution in [0.3, 0.4) is 0 Å². The second-order valence-corrected chi connectivity index (χ2v) is 5.53. The first-order valence-corrected chi connectivity index (χ1v) is 6.90. The van der Waals surface area contributed by atoms with Gasteiger partial charge in [0.15, 0.2) is 0 Å². The normalized spacial score (nSPS) is 25.1. The van der Waals surface area contributed by atoms with Crippen molar-refractivity contribution >= 4 is 11.6 Å². The molecule has 1 aromatic rings. The Labute approximate surface area is 113 Å². The molecule has 3 nitrogen and oxygen atoms in total. The fourth-order valence-electron chi connectivity index (χ4n) is 2.56. The van der Waals surface area contributed by atoms with Crippen molar-refractivity contribution < 1.29 is 9.47 Å². The van der Waals surface area contributed by atoms with Crippen LogP contribution in [0.5, 0.6) is 5.75 Å². The van der Waals surface area contributed by atoms with Gasteiger partial charge in [-0.2, -0.15) is 0 Å². The zero-order chi connectivity index (χ0) is 12.4. The quantitative estimate of drug-likeness (QED) is 0.836. The summed E-state index contributed by atoms with van der Waals surface area (Å²) in [6, 6.07) is 7.66. The molecule has 1 aromatic carbocycles. The highest BCUT2D eigenvalue weighted by Gasteiger charge is 2.31. The van der Waals surface area contributed by atoms with E-state index in [4.69, 9.17) is 21.1 Å². The number of hydrogen-bond donors (Lipinski definition) is 0. The van der Waals surface area contributed by atoms with Crippen LogP contribution in [0.25, 0.3) is 0 Å². The van der Waals surface area contributed by atoms with Crippen molar-refractivity contribution in [3.8, 4) is 5.75 Å². The van der Waals surface area contributed by atoms with E-state index < -0.39 is 0 Å². The predicted octanol–water partition coefficient (Wildman–Crippen LogP) is 2.44. The zero-order valence-corrected chi connectivity index (χ0v) is 11.1. The van der Waals surface area contributed by atoms with Gasteiger partial charge in [0.05, 0.1) is 11.6 Å². The highest BCUT2D eigenvalue weighted by Crippen LogP contribution is 2.27. The predicted molar refractivity (Wildman–Crippen MR) is 71.2 cm³/mol. The number of ether oxygens (including phenoxy) is 2. The lowest BCUT2D eigenvalue weighted by atomic mass is 10.0. The Kier molecular flexibility index (Phi) is 3.73. The lowest BCUT2D eigenvalue weighted by Gasteiger charge is -2.40. The van der Waals surface area contributed by atoms with Gasteiger partial charge in [-0.3, -0.25) is 4.90 Å². The SMILES string of the molecule is Clc1ccccc1OC1CN(C[C@H]2CCOC2)C1. The van der Waals surface area contributed by atoms with Crippen molar-refractivity contribution in [3.63, 3.8) is 0 Å². The molecule has 2 heterocycles. The van der Waals surface area contributed by atoms with Crippen LogP contribution < -0.4 is 4.74 Å². The molecule has 2 aliphatic heterocycles. The largest absolute Gasteiger partial charge is 0.486 e. The van der Waals surface area contributed by atoms with Gasteiger partial charge in [0.25, 0.3) is 0 Å².